The number of nitrogens with zero attached hydrogens (tertiary/aromatic N) is 2. The van der Waals surface area contributed by atoms with Crippen molar-refractivity contribution in [1.29, 1.82) is 0 Å². The van der Waals surface area contributed by atoms with Gasteiger partial charge in [0.2, 0.25) is 0 Å². The molecule has 0 atom stereocenters. The maximum Gasteiger partial charge on any atom is 0.283 e. The van der Waals surface area contributed by atoms with Crippen LogP contribution in [-0.2, 0) is 22.7 Å². The lowest BCUT2D eigenvalue weighted by atomic mass is 10.1. The fourth-order valence-electron chi connectivity index (χ4n) is 3.62. The van der Waals surface area contributed by atoms with Crippen molar-refractivity contribution in [2.45, 2.75) is 20.0 Å². The van der Waals surface area contributed by atoms with Crippen LogP contribution in [0.1, 0.15) is 16.7 Å². The van der Waals surface area contributed by atoms with E-state index in [1.807, 2.05) is 84.6 Å². The highest BCUT2D eigenvalue weighted by molar-refractivity contribution is 6.52. The van der Waals surface area contributed by atoms with Crippen LogP contribution >= 0.6 is 11.6 Å². The Morgan fingerprint density at radius 3 is 1.77 bits per heavy atom. The van der Waals surface area contributed by atoms with E-state index in [0.717, 1.165) is 16.7 Å². The zero-order valence-corrected chi connectivity index (χ0v) is 17.3. The number of aryl methyl sites for hydroxylation is 1. The highest BCUT2D eigenvalue weighted by Crippen LogP contribution is 2.34. The van der Waals surface area contributed by atoms with Crippen molar-refractivity contribution in [3.8, 4) is 0 Å². The van der Waals surface area contributed by atoms with E-state index in [1.54, 1.807) is 12.1 Å². The normalized spacial score (nSPS) is 13.9. The Hall–Kier alpha value is -3.37. The topological polar surface area (TPSA) is 40.6 Å². The first-order chi connectivity index (χ1) is 14.6. The summed E-state index contributed by atoms with van der Waals surface area (Å²) >= 11 is 6.47. The van der Waals surface area contributed by atoms with E-state index in [2.05, 4.69) is 0 Å². The molecule has 0 bridgehead atoms. The summed E-state index contributed by atoms with van der Waals surface area (Å²) in [6.07, 6.45) is 0. The van der Waals surface area contributed by atoms with Gasteiger partial charge < -0.3 is 4.90 Å². The molecule has 0 saturated carbocycles. The zero-order chi connectivity index (χ0) is 21.1. The molecule has 30 heavy (non-hydrogen) atoms. The molecule has 0 radical (unpaired) electrons. The Bertz CT molecular complexity index is 1070. The number of para-hydroxylation sites is 1. The lowest BCUT2D eigenvalue weighted by molar-refractivity contribution is -0.121. The van der Waals surface area contributed by atoms with Gasteiger partial charge in [0.15, 0.2) is 0 Å². The number of carbonyl (C=O) groups is 2. The largest absolute Gasteiger partial charge is 0.357 e. The summed E-state index contributed by atoms with van der Waals surface area (Å²) in [6.45, 7) is 2.79. The Kier molecular flexibility index (Phi) is 5.68. The molecule has 2 amide bonds. The first-order valence-electron chi connectivity index (χ1n) is 9.73. The molecule has 1 aliphatic rings. The molecule has 0 unspecified atom stereocenters. The molecule has 1 heterocycles. The lowest BCUT2D eigenvalue weighted by Crippen LogP contribution is -2.35. The number of halogens is 1. The van der Waals surface area contributed by atoms with Gasteiger partial charge in [0.1, 0.15) is 10.7 Å². The Morgan fingerprint density at radius 1 is 0.733 bits per heavy atom. The van der Waals surface area contributed by atoms with Gasteiger partial charge in [-0.15, -0.1) is 0 Å². The van der Waals surface area contributed by atoms with Crippen LogP contribution in [0.4, 0.5) is 5.69 Å². The maximum absolute atomic E-state index is 13.4. The van der Waals surface area contributed by atoms with Gasteiger partial charge in [-0.05, 0) is 29.7 Å². The van der Waals surface area contributed by atoms with Crippen LogP contribution in [0.5, 0.6) is 0 Å². The predicted octanol–water partition coefficient (Wildman–Crippen LogP) is 5.02. The summed E-state index contributed by atoms with van der Waals surface area (Å²) in [7, 11) is 0. The second kappa shape index (κ2) is 8.56. The van der Waals surface area contributed by atoms with Crippen molar-refractivity contribution in [3.05, 3.63) is 112 Å². The van der Waals surface area contributed by atoms with Gasteiger partial charge in [-0.3, -0.25) is 9.59 Å². The van der Waals surface area contributed by atoms with Crippen LogP contribution in [0, 0.1) is 6.92 Å². The number of benzene rings is 3. The first-order valence-corrected chi connectivity index (χ1v) is 10.1. The van der Waals surface area contributed by atoms with Crippen LogP contribution < -0.4 is 4.90 Å². The zero-order valence-electron chi connectivity index (χ0n) is 16.6. The van der Waals surface area contributed by atoms with Gasteiger partial charge in [0.25, 0.3) is 11.8 Å². The molecular formula is C25H21ClN2O2. The highest BCUT2D eigenvalue weighted by atomic mass is 35.5. The molecule has 3 aromatic rings. The highest BCUT2D eigenvalue weighted by Gasteiger charge is 2.41. The monoisotopic (exact) mass is 416 g/mol. The Morgan fingerprint density at radius 2 is 1.23 bits per heavy atom. The molecule has 5 heteroatoms. The molecule has 0 fully saturated rings. The summed E-state index contributed by atoms with van der Waals surface area (Å²) in [5.74, 6) is -0.886. The van der Waals surface area contributed by atoms with Gasteiger partial charge in [0, 0.05) is 13.1 Å². The molecular weight excluding hydrogens is 396 g/mol. The third-order valence-electron chi connectivity index (χ3n) is 5.11. The fourth-order valence-corrected chi connectivity index (χ4v) is 3.91. The average molecular weight is 417 g/mol. The average Bonchev–Trinajstić information content (AvgIpc) is 2.98. The quantitative estimate of drug-likeness (QED) is 0.530. The van der Waals surface area contributed by atoms with E-state index in [0.29, 0.717) is 18.8 Å². The van der Waals surface area contributed by atoms with Crippen molar-refractivity contribution in [1.82, 2.24) is 4.90 Å². The van der Waals surface area contributed by atoms with E-state index in [4.69, 9.17) is 11.6 Å². The first kappa shape index (κ1) is 19.9. The summed E-state index contributed by atoms with van der Waals surface area (Å²) in [4.78, 5) is 29.5. The van der Waals surface area contributed by atoms with Gasteiger partial charge in [0.05, 0.1) is 5.69 Å². The summed E-state index contributed by atoms with van der Waals surface area (Å²) in [5, 5.41) is -0.0462. The summed E-state index contributed by atoms with van der Waals surface area (Å²) < 4.78 is 0. The molecule has 0 aliphatic carbocycles. The van der Waals surface area contributed by atoms with E-state index in [-0.39, 0.29) is 10.7 Å². The number of anilines is 1. The Labute approximate surface area is 181 Å². The van der Waals surface area contributed by atoms with E-state index < -0.39 is 11.8 Å². The number of imide groups is 1. The van der Waals surface area contributed by atoms with E-state index >= 15 is 0 Å². The molecule has 0 saturated heterocycles. The minimum absolute atomic E-state index is 0.0462. The van der Waals surface area contributed by atoms with Crippen LogP contribution in [0.3, 0.4) is 0 Å². The lowest BCUT2D eigenvalue weighted by Gasteiger charge is -2.26. The van der Waals surface area contributed by atoms with Gasteiger partial charge >= 0.3 is 0 Å². The SMILES string of the molecule is Cc1ccccc1N1C(=O)C(Cl)=C(N(Cc2ccccc2)Cc2ccccc2)C1=O. The van der Waals surface area contributed by atoms with Gasteiger partial charge in [-0.1, -0.05) is 90.5 Å². The molecule has 3 aromatic carbocycles. The smallest absolute Gasteiger partial charge is 0.283 e. The molecule has 150 valence electrons. The van der Waals surface area contributed by atoms with Crippen LogP contribution in [0.2, 0.25) is 0 Å². The third-order valence-corrected chi connectivity index (χ3v) is 5.45. The molecule has 1 aliphatic heterocycles. The van der Waals surface area contributed by atoms with Crippen molar-refractivity contribution >= 4 is 29.1 Å². The molecule has 4 rings (SSSR count). The number of hydrogen-bond donors (Lipinski definition) is 0. The van der Waals surface area contributed by atoms with Crippen molar-refractivity contribution in [2.24, 2.45) is 0 Å². The van der Waals surface area contributed by atoms with Gasteiger partial charge in [-0.2, -0.15) is 0 Å². The standard InChI is InChI=1S/C25H21ClN2O2/c1-18-10-8-9-15-21(18)28-24(29)22(26)23(25(28)30)27(16-19-11-4-2-5-12-19)17-20-13-6-3-7-14-20/h2-15H,16-17H2,1H3. The van der Waals surface area contributed by atoms with Crippen molar-refractivity contribution in [3.63, 3.8) is 0 Å². The molecule has 4 nitrogen and oxygen atoms in total. The predicted molar refractivity (Wildman–Crippen MR) is 119 cm³/mol. The van der Waals surface area contributed by atoms with E-state index in [1.165, 1.54) is 4.90 Å². The second-order valence-corrected chi connectivity index (χ2v) is 7.60. The number of amides is 2. The third kappa shape index (κ3) is 3.87. The Balaban J connectivity index is 1.72. The number of rotatable bonds is 6. The van der Waals surface area contributed by atoms with Crippen LogP contribution in [-0.4, -0.2) is 16.7 Å². The number of carbonyl (C=O) groups excluding carboxylic acids is 2. The minimum atomic E-state index is -0.489. The number of hydrogen-bond acceptors (Lipinski definition) is 3. The summed E-state index contributed by atoms with van der Waals surface area (Å²) in [5.41, 5.74) is 3.68. The minimum Gasteiger partial charge on any atom is -0.357 e. The van der Waals surface area contributed by atoms with Crippen molar-refractivity contribution < 1.29 is 9.59 Å². The fraction of sp³-hybridized carbons (Fsp3) is 0.120. The van der Waals surface area contributed by atoms with Gasteiger partial charge in [-0.25, -0.2) is 4.90 Å². The van der Waals surface area contributed by atoms with Crippen LogP contribution in [0.15, 0.2) is 95.7 Å². The molecule has 0 aromatic heterocycles. The van der Waals surface area contributed by atoms with Crippen LogP contribution in [0.25, 0.3) is 0 Å². The summed E-state index contributed by atoms with van der Waals surface area (Å²) in [6, 6.07) is 27.0. The molecule has 0 N–H and O–H groups in total. The van der Waals surface area contributed by atoms with E-state index in [9.17, 15) is 9.59 Å². The molecule has 0 spiro atoms. The maximum atomic E-state index is 13.4. The second-order valence-electron chi connectivity index (χ2n) is 7.22. The van der Waals surface area contributed by atoms with Crippen molar-refractivity contribution in [2.75, 3.05) is 4.90 Å².